The van der Waals surface area contributed by atoms with Gasteiger partial charge in [-0.05, 0) is 12.8 Å². The predicted octanol–water partition coefficient (Wildman–Crippen LogP) is 1.78. The standard InChI is InChI=1S/C5H9.Pt/c1-3-5-4-2;/h3H,1-2,4-5H2;. The van der Waals surface area contributed by atoms with Crippen molar-refractivity contribution in [3.8, 4) is 0 Å². The molecule has 0 saturated heterocycles. The monoisotopic (exact) mass is 264 g/mol. The van der Waals surface area contributed by atoms with Crippen LogP contribution in [0.2, 0.25) is 0 Å². The van der Waals surface area contributed by atoms with Gasteiger partial charge in [0.1, 0.15) is 0 Å². The molecule has 0 heterocycles. The second kappa shape index (κ2) is 9.06. The van der Waals surface area contributed by atoms with Gasteiger partial charge in [-0.2, -0.15) is 0 Å². The Balaban J connectivity index is 0. The van der Waals surface area contributed by atoms with Crippen LogP contribution in [-0.2, 0) is 21.1 Å². The van der Waals surface area contributed by atoms with Gasteiger partial charge < -0.3 is 0 Å². The molecule has 0 aromatic carbocycles. The summed E-state index contributed by atoms with van der Waals surface area (Å²) in [7, 11) is 0. The quantitative estimate of drug-likeness (QED) is 0.667. The molecule has 0 unspecified atom stereocenters. The summed E-state index contributed by atoms with van der Waals surface area (Å²) in [4.78, 5) is 0. The van der Waals surface area contributed by atoms with Crippen molar-refractivity contribution in [1.82, 2.24) is 0 Å². The zero-order chi connectivity index (χ0) is 4.12. The molecule has 0 aliphatic heterocycles. The van der Waals surface area contributed by atoms with Gasteiger partial charge in [-0.25, -0.2) is 0 Å². The first-order chi connectivity index (χ1) is 2.41. The maximum Gasteiger partial charge on any atom is 0 e. The zero-order valence-electron chi connectivity index (χ0n) is 3.72. The van der Waals surface area contributed by atoms with Crippen molar-refractivity contribution in [1.29, 1.82) is 0 Å². The zero-order valence-corrected chi connectivity index (χ0v) is 5.99. The summed E-state index contributed by atoms with van der Waals surface area (Å²) in [6, 6.07) is 0. The van der Waals surface area contributed by atoms with E-state index in [0.29, 0.717) is 0 Å². The van der Waals surface area contributed by atoms with Gasteiger partial charge >= 0.3 is 0 Å². The Labute approximate surface area is 53.9 Å². The number of rotatable bonds is 2. The molecule has 0 atom stereocenters. The normalized spacial score (nSPS) is 6.17. The Hall–Kier alpha value is 0.428. The van der Waals surface area contributed by atoms with E-state index in [4.69, 9.17) is 0 Å². The summed E-state index contributed by atoms with van der Waals surface area (Å²) in [6.45, 7) is 7.11. The van der Waals surface area contributed by atoms with Gasteiger partial charge in [0.15, 0.2) is 0 Å². The van der Waals surface area contributed by atoms with Crippen LogP contribution in [-0.4, -0.2) is 0 Å². The van der Waals surface area contributed by atoms with Gasteiger partial charge in [0.05, 0.1) is 0 Å². The molecule has 39 valence electrons. The van der Waals surface area contributed by atoms with Crippen molar-refractivity contribution < 1.29 is 21.1 Å². The van der Waals surface area contributed by atoms with Crippen LogP contribution < -0.4 is 0 Å². The van der Waals surface area contributed by atoms with Crippen molar-refractivity contribution in [3.05, 3.63) is 19.6 Å². The second-order valence-electron chi connectivity index (χ2n) is 0.931. The van der Waals surface area contributed by atoms with Crippen LogP contribution in [0.4, 0.5) is 0 Å². The Kier molecular flexibility index (Phi) is 14.6. The fraction of sp³-hybridized carbons (Fsp3) is 0.400. The minimum absolute atomic E-state index is 0. The summed E-state index contributed by atoms with van der Waals surface area (Å²) in [5, 5.41) is 0. The summed E-state index contributed by atoms with van der Waals surface area (Å²) >= 11 is 0. The van der Waals surface area contributed by atoms with E-state index in [0.717, 1.165) is 12.8 Å². The summed E-state index contributed by atoms with van der Waals surface area (Å²) in [5.74, 6) is 0. The van der Waals surface area contributed by atoms with Crippen LogP contribution in [0.3, 0.4) is 0 Å². The van der Waals surface area contributed by atoms with E-state index in [-0.39, 0.29) is 21.1 Å². The third-order valence-electron chi connectivity index (χ3n) is 0.408. The molecule has 0 aromatic rings. The van der Waals surface area contributed by atoms with E-state index in [1.807, 2.05) is 6.08 Å². The van der Waals surface area contributed by atoms with Gasteiger partial charge in [0.25, 0.3) is 0 Å². The van der Waals surface area contributed by atoms with E-state index < -0.39 is 0 Å². The number of hydrogen-bond acceptors (Lipinski definition) is 0. The van der Waals surface area contributed by atoms with Crippen LogP contribution in [0.25, 0.3) is 0 Å². The third kappa shape index (κ3) is 8.83. The molecule has 6 heavy (non-hydrogen) atoms. The van der Waals surface area contributed by atoms with Crippen LogP contribution in [0, 0.1) is 6.92 Å². The summed E-state index contributed by atoms with van der Waals surface area (Å²) in [6.07, 6.45) is 3.89. The molecular weight excluding hydrogens is 255 g/mol. The van der Waals surface area contributed by atoms with Crippen molar-refractivity contribution in [2.75, 3.05) is 0 Å². The van der Waals surface area contributed by atoms with Gasteiger partial charge in [-0.15, -0.1) is 6.58 Å². The van der Waals surface area contributed by atoms with Crippen LogP contribution in [0.1, 0.15) is 12.8 Å². The Morgan fingerprint density at radius 1 is 1.50 bits per heavy atom. The fourth-order valence-corrected chi connectivity index (χ4v) is 0.144. The van der Waals surface area contributed by atoms with Crippen LogP contribution in [0.5, 0.6) is 0 Å². The molecule has 0 nitrogen and oxygen atoms in total. The molecule has 0 N–H and O–H groups in total. The van der Waals surface area contributed by atoms with E-state index in [1.165, 1.54) is 0 Å². The first-order valence-corrected chi connectivity index (χ1v) is 1.82. The third-order valence-corrected chi connectivity index (χ3v) is 0.408. The molecule has 0 aliphatic rings. The van der Waals surface area contributed by atoms with E-state index >= 15 is 0 Å². The second-order valence-corrected chi connectivity index (χ2v) is 0.931. The fourth-order valence-electron chi connectivity index (χ4n) is 0.144. The van der Waals surface area contributed by atoms with E-state index in [9.17, 15) is 0 Å². The molecule has 0 aromatic heterocycles. The van der Waals surface area contributed by atoms with E-state index in [2.05, 4.69) is 13.5 Å². The van der Waals surface area contributed by atoms with Crippen molar-refractivity contribution >= 4 is 0 Å². The molecule has 0 saturated carbocycles. The Morgan fingerprint density at radius 2 is 2.00 bits per heavy atom. The molecule has 0 amide bonds. The molecule has 0 bridgehead atoms. The first kappa shape index (κ1) is 9.66. The topological polar surface area (TPSA) is 0 Å². The van der Waals surface area contributed by atoms with Crippen molar-refractivity contribution in [2.45, 2.75) is 12.8 Å². The summed E-state index contributed by atoms with van der Waals surface area (Å²) < 4.78 is 0. The predicted molar refractivity (Wildman–Crippen MR) is 24.8 cm³/mol. The van der Waals surface area contributed by atoms with Gasteiger partial charge in [0.2, 0.25) is 0 Å². The maximum atomic E-state index is 3.60. The smallest absolute Gasteiger partial charge is 0 e. The molecular formula is C5H9Pt. The number of hydrogen-bond donors (Lipinski definition) is 0. The average molecular weight is 264 g/mol. The number of allylic oxidation sites excluding steroid dienone is 1. The molecule has 0 aliphatic carbocycles. The largest absolute Gasteiger partial charge is 0.103 e. The molecule has 1 radical (unpaired) electrons. The minimum atomic E-state index is 0. The van der Waals surface area contributed by atoms with Gasteiger partial charge in [-0.3, -0.25) is 0 Å². The van der Waals surface area contributed by atoms with Crippen molar-refractivity contribution in [2.24, 2.45) is 0 Å². The maximum absolute atomic E-state index is 3.60. The van der Waals surface area contributed by atoms with Crippen LogP contribution >= 0.6 is 0 Å². The average Bonchev–Trinajstić information content (AvgIpc) is 1.41. The minimum Gasteiger partial charge on any atom is -0.103 e. The molecule has 1 heteroatoms. The molecule has 0 spiro atoms. The number of unbranched alkanes of at least 4 members (excludes halogenated alkanes) is 1. The van der Waals surface area contributed by atoms with E-state index in [1.54, 1.807) is 0 Å². The van der Waals surface area contributed by atoms with Gasteiger partial charge in [0, 0.05) is 21.1 Å². The molecule has 0 rings (SSSR count). The van der Waals surface area contributed by atoms with Gasteiger partial charge in [-0.1, -0.05) is 13.0 Å². The Bertz CT molecular complexity index is 25.1. The SMILES string of the molecule is [CH2]CCC=C.[Pt]. The molecule has 0 fully saturated rings. The van der Waals surface area contributed by atoms with Crippen LogP contribution in [0.15, 0.2) is 12.7 Å². The Morgan fingerprint density at radius 3 is 2.00 bits per heavy atom. The summed E-state index contributed by atoms with van der Waals surface area (Å²) in [5.41, 5.74) is 0. The van der Waals surface area contributed by atoms with Crippen molar-refractivity contribution in [3.63, 3.8) is 0 Å². The first-order valence-electron chi connectivity index (χ1n) is 1.82.